The monoisotopic (exact) mass is 462 g/mol. The van der Waals surface area contributed by atoms with Gasteiger partial charge in [0.25, 0.3) is 5.69 Å². The maximum Gasteiger partial charge on any atom is 0.416 e. The molecule has 174 valence electrons. The van der Waals surface area contributed by atoms with Crippen LogP contribution >= 0.6 is 0 Å². The quantitative estimate of drug-likeness (QED) is 0.402. The predicted octanol–water partition coefficient (Wildman–Crippen LogP) is 5.37. The standard InChI is InChI=1S/C22H21F3N4O4/c1-10-5-16-19-17(9-18(32-4)20(16)33-10)21(28-12(3)27-19)26-11(2)13-6-14(22(23,24)25)8-15(7-13)29(30)31/h6-11H,5H2,1-4H3,(H,26,27,28). The first-order chi connectivity index (χ1) is 15.5. The summed E-state index contributed by atoms with van der Waals surface area (Å²) in [6.07, 6.45) is -4.16. The molecule has 0 radical (unpaired) electrons. The van der Waals surface area contributed by atoms with E-state index in [0.717, 1.165) is 17.7 Å². The molecule has 0 saturated carbocycles. The number of ether oxygens (including phenoxy) is 2. The van der Waals surface area contributed by atoms with Crippen LogP contribution in [0.5, 0.6) is 11.5 Å². The summed E-state index contributed by atoms with van der Waals surface area (Å²) >= 11 is 0. The number of hydrogen-bond donors (Lipinski definition) is 1. The van der Waals surface area contributed by atoms with Gasteiger partial charge in [-0.05, 0) is 38.5 Å². The van der Waals surface area contributed by atoms with Crippen LogP contribution in [0.2, 0.25) is 0 Å². The fraction of sp³-hybridized carbons (Fsp3) is 0.364. The number of alkyl halides is 3. The van der Waals surface area contributed by atoms with E-state index in [2.05, 4.69) is 15.3 Å². The maximum absolute atomic E-state index is 13.3. The molecule has 4 rings (SSSR count). The van der Waals surface area contributed by atoms with Gasteiger partial charge >= 0.3 is 6.18 Å². The van der Waals surface area contributed by atoms with Gasteiger partial charge in [0.1, 0.15) is 17.7 Å². The second-order valence-electron chi connectivity index (χ2n) is 7.97. The fourth-order valence-corrected chi connectivity index (χ4v) is 3.95. The Bertz CT molecular complexity index is 1260. The highest BCUT2D eigenvalue weighted by molar-refractivity contribution is 5.95. The summed E-state index contributed by atoms with van der Waals surface area (Å²) in [5.74, 6) is 1.95. The molecule has 2 atom stereocenters. The van der Waals surface area contributed by atoms with Crippen molar-refractivity contribution in [3.05, 3.63) is 56.9 Å². The van der Waals surface area contributed by atoms with Crippen molar-refractivity contribution in [1.29, 1.82) is 0 Å². The SMILES string of the molecule is COc1cc2c(NC(C)c3cc([N+](=O)[O-])cc(C(F)(F)F)c3)nc(C)nc2c2c1OC(C)C2. The minimum absolute atomic E-state index is 0.0595. The van der Waals surface area contributed by atoms with Crippen molar-refractivity contribution in [2.24, 2.45) is 0 Å². The number of anilines is 1. The highest BCUT2D eigenvalue weighted by atomic mass is 19.4. The lowest BCUT2D eigenvalue weighted by Crippen LogP contribution is -2.13. The van der Waals surface area contributed by atoms with Gasteiger partial charge in [-0.3, -0.25) is 10.1 Å². The molecule has 0 bridgehead atoms. The molecule has 0 saturated heterocycles. The molecule has 0 fully saturated rings. The number of fused-ring (bicyclic) bond motifs is 3. The highest BCUT2D eigenvalue weighted by Crippen LogP contribution is 2.44. The average Bonchev–Trinajstić information content (AvgIpc) is 3.14. The first-order valence-corrected chi connectivity index (χ1v) is 10.2. The van der Waals surface area contributed by atoms with E-state index >= 15 is 0 Å². The summed E-state index contributed by atoms with van der Waals surface area (Å²) in [5, 5.41) is 14.9. The van der Waals surface area contributed by atoms with Crippen molar-refractivity contribution in [2.75, 3.05) is 12.4 Å². The van der Waals surface area contributed by atoms with Crippen LogP contribution in [0.25, 0.3) is 10.9 Å². The normalized spacial score (nSPS) is 16.3. The van der Waals surface area contributed by atoms with E-state index in [1.165, 1.54) is 7.11 Å². The van der Waals surface area contributed by atoms with E-state index < -0.39 is 28.4 Å². The van der Waals surface area contributed by atoms with Gasteiger partial charge in [0, 0.05) is 29.5 Å². The van der Waals surface area contributed by atoms with Crippen LogP contribution in [0.1, 0.15) is 42.4 Å². The number of rotatable bonds is 5. The number of benzene rings is 2. The molecule has 8 nitrogen and oxygen atoms in total. The number of nitrogens with one attached hydrogen (secondary N) is 1. The number of halogens is 3. The van der Waals surface area contributed by atoms with Gasteiger partial charge in [-0.25, -0.2) is 9.97 Å². The lowest BCUT2D eigenvalue weighted by molar-refractivity contribution is -0.385. The molecular formula is C22H21F3N4O4. The van der Waals surface area contributed by atoms with Crippen LogP contribution in [0, 0.1) is 17.0 Å². The van der Waals surface area contributed by atoms with Gasteiger partial charge in [0.05, 0.1) is 29.2 Å². The van der Waals surface area contributed by atoms with E-state index in [1.807, 2.05) is 6.92 Å². The Morgan fingerprint density at radius 2 is 2.00 bits per heavy atom. The molecule has 0 spiro atoms. The Kier molecular flexibility index (Phi) is 5.51. The van der Waals surface area contributed by atoms with Gasteiger partial charge in [-0.15, -0.1) is 0 Å². The van der Waals surface area contributed by atoms with Crippen molar-refractivity contribution >= 4 is 22.4 Å². The van der Waals surface area contributed by atoms with Crippen molar-refractivity contribution in [1.82, 2.24) is 9.97 Å². The van der Waals surface area contributed by atoms with E-state index in [1.54, 1.807) is 19.9 Å². The molecule has 1 aliphatic rings. The Balaban J connectivity index is 1.81. The number of methoxy groups -OCH3 is 1. The number of hydrogen-bond acceptors (Lipinski definition) is 7. The molecule has 0 aliphatic carbocycles. The minimum atomic E-state index is -4.72. The van der Waals surface area contributed by atoms with Gasteiger partial charge in [-0.2, -0.15) is 13.2 Å². The lowest BCUT2D eigenvalue weighted by atomic mass is 10.0. The van der Waals surface area contributed by atoms with Crippen molar-refractivity contribution in [2.45, 2.75) is 45.5 Å². The van der Waals surface area contributed by atoms with Crippen LogP contribution < -0.4 is 14.8 Å². The summed E-state index contributed by atoms with van der Waals surface area (Å²) in [6, 6.07) is 3.54. The third-order valence-corrected chi connectivity index (χ3v) is 5.48. The Labute approximate surface area is 186 Å². The Hall–Kier alpha value is -3.63. The number of nitro groups is 1. The molecule has 2 unspecified atom stereocenters. The largest absolute Gasteiger partial charge is 0.493 e. The summed E-state index contributed by atoms with van der Waals surface area (Å²) in [6.45, 7) is 5.25. The zero-order valence-electron chi connectivity index (χ0n) is 18.3. The number of nitrogens with zero attached hydrogens (tertiary/aromatic N) is 3. The topological polar surface area (TPSA) is 99.4 Å². The third-order valence-electron chi connectivity index (χ3n) is 5.48. The van der Waals surface area contributed by atoms with E-state index in [-0.39, 0.29) is 11.7 Å². The molecule has 2 heterocycles. The Morgan fingerprint density at radius 3 is 2.64 bits per heavy atom. The minimum Gasteiger partial charge on any atom is -0.493 e. The lowest BCUT2D eigenvalue weighted by Gasteiger charge is -2.19. The molecular weight excluding hydrogens is 441 g/mol. The number of aryl methyl sites for hydroxylation is 1. The van der Waals surface area contributed by atoms with Gasteiger partial charge in [-0.1, -0.05) is 0 Å². The van der Waals surface area contributed by atoms with E-state index in [9.17, 15) is 23.3 Å². The van der Waals surface area contributed by atoms with Crippen molar-refractivity contribution < 1.29 is 27.6 Å². The summed E-state index contributed by atoms with van der Waals surface area (Å²) in [7, 11) is 1.51. The molecule has 2 aromatic carbocycles. The van der Waals surface area contributed by atoms with Gasteiger partial charge in [0.2, 0.25) is 0 Å². The third kappa shape index (κ3) is 4.22. The van der Waals surface area contributed by atoms with Crippen LogP contribution in [-0.4, -0.2) is 28.1 Å². The van der Waals surface area contributed by atoms with Gasteiger partial charge < -0.3 is 14.8 Å². The van der Waals surface area contributed by atoms with Crippen LogP contribution in [-0.2, 0) is 12.6 Å². The molecule has 1 N–H and O–H groups in total. The average molecular weight is 462 g/mol. The summed E-state index contributed by atoms with van der Waals surface area (Å²) in [5.41, 5.74) is -0.0938. The van der Waals surface area contributed by atoms with E-state index in [4.69, 9.17) is 9.47 Å². The molecule has 3 aromatic rings. The number of nitro benzene ring substituents is 1. The van der Waals surface area contributed by atoms with Crippen LogP contribution in [0.4, 0.5) is 24.7 Å². The first-order valence-electron chi connectivity index (χ1n) is 10.2. The van der Waals surface area contributed by atoms with Crippen molar-refractivity contribution in [3.63, 3.8) is 0 Å². The maximum atomic E-state index is 13.3. The molecule has 1 aromatic heterocycles. The number of aromatic nitrogens is 2. The van der Waals surface area contributed by atoms with E-state index in [0.29, 0.717) is 46.5 Å². The predicted molar refractivity (Wildman–Crippen MR) is 115 cm³/mol. The second-order valence-corrected chi connectivity index (χ2v) is 7.97. The summed E-state index contributed by atoms with van der Waals surface area (Å²) < 4.78 is 51.3. The Morgan fingerprint density at radius 1 is 1.27 bits per heavy atom. The first kappa shape index (κ1) is 22.6. The molecule has 0 amide bonds. The smallest absolute Gasteiger partial charge is 0.416 e. The second kappa shape index (κ2) is 8.05. The summed E-state index contributed by atoms with van der Waals surface area (Å²) in [4.78, 5) is 19.4. The molecule has 11 heteroatoms. The zero-order valence-corrected chi connectivity index (χ0v) is 18.3. The fourth-order valence-electron chi connectivity index (χ4n) is 3.95. The highest BCUT2D eigenvalue weighted by Gasteiger charge is 2.33. The molecule has 33 heavy (non-hydrogen) atoms. The zero-order chi connectivity index (χ0) is 24.1. The molecule has 1 aliphatic heterocycles. The van der Waals surface area contributed by atoms with Crippen LogP contribution in [0.15, 0.2) is 24.3 Å². The van der Waals surface area contributed by atoms with Gasteiger partial charge in [0.15, 0.2) is 11.5 Å². The number of non-ortho nitro benzene ring substituents is 1. The van der Waals surface area contributed by atoms with Crippen molar-refractivity contribution in [3.8, 4) is 11.5 Å². The van der Waals surface area contributed by atoms with Crippen LogP contribution in [0.3, 0.4) is 0 Å².